The molecule has 1 fully saturated rings. The molecule has 0 saturated carbocycles. The molecular weight excluding hydrogens is 473 g/mol. The molecule has 0 atom stereocenters. The summed E-state index contributed by atoms with van der Waals surface area (Å²) in [5.41, 5.74) is 2.18. The number of urea groups is 1. The molecule has 0 bridgehead atoms. The van der Waals surface area contributed by atoms with Crippen molar-refractivity contribution in [3.05, 3.63) is 62.4 Å². The maximum absolute atomic E-state index is 11.7. The van der Waals surface area contributed by atoms with Crippen LogP contribution < -0.4 is 20.1 Å². The highest BCUT2D eigenvalue weighted by Crippen LogP contribution is 2.35. The van der Waals surface area contributed by atoms with Crippen LogP contribution in [0.5, 0.6) is 11.5 Å². The Kier molecular flexibility index (Phi) is 6.16. The summed E-state index contributed by atoms with van der Waals surface area (Å²) >= 11 is 2.12. The van der Waals surface area contributed by atoms with E-state index in [0.29, 0.717) is 29.2 Å². The fourth-order valence-corrected chi connectivity index (χ4v) is 3.41. The predicted octanol–water partition coefficient (Wildman–Crippen LogP) is 3.32. The summed E-state index contributed by atoms with van der Waals surface area (Å²) < 4.78 is 12.4. The number of nitrogens with one attached hydrogen (secondary N) is 2. The Morgan fingerprint density at radius 3 is 2.64 bits per heavy atom. The number of benzene rings is 2. The van der Waals surface area contributed by atoms with Crippen LogP contribution >= 0.6 is 22.6 Å². The number of carbonyl (C=O) groups excluding carboxylic acids is 2. The number of halogens is 1. The maximum atomic E-state index is 11.7. The van der Waals surface area contributed by atoms with E-state index in [1.165, 1.54) is 0 Å². The van der Waals surface area contributed by atoms with Crippen LogP contribution in [-0.4, -0.2) is 18.5 Å². The van der Waals surface area contributed by atoms with Gasteiger partial charge in [0.2, 0.25) is 0 Å². The SMILES string of the molecule is CCOc1cc(/C=C2\NC(=O)NC2=O)cc(I)c1OCc1ccccc1C#N. The van der Waals surface area contributed by atoms with E-state index < -0.39 is 11.9 Å². The van der Waals surface area contributed by atoms with Crippen LogP contribution in [0.3, 0.4) is 0 Å². The molecular formula is C20H16IN3O4. The van der Waals surface area contributed by atoms with Crippen LogP contribution in [0.4, 0.5) is 4.79 Å². The zero-order chi connectivity index (χ0) is 20.1. The number of amides is 3. The molecule has 0 spiro atoms. The molecule has 1 aliphatic rings. The second-order valence-corrected chi connectivity index (χ2v) is 6.95. The number of rotatable bonds is 6. The van der Waals surface area contributed by atoms with Crippen molar-refractivity contribution in [3.63, 3.8) is 0 Å². The minimum absolute atomic E-state index is 0.167. The highest BCUT2D eigenvalue weighted by atomic mass is 127. The van der Waals surface area contributed by atoms with Crippen molar-refractivity contribution in [1.29, 1.82) is 5.26 Å². The summed E-state index contributed by atoms with van der Waals surface area (Å²) in [5, 5.41) is 13.8. The summed E-state index contributed by atoms with van der Waals surface area (Å²) in [5.74, 6) is 0.587. The summed E-state index contributed by atoms with van der Waals surface area (Å²) in [6.07, 6.45) is 1.57. The lowest BCUT2D eigenvalue weighted by atomic mass is 10.1. The van der Waals surface area contributed by atoms with E-state index in [9.17, 15) is 14.9 Å². The Balaban J connectivity index is 1.89. The molecule has 3 amide bonds. The van der Waals surface area contributed by atoms with Gasteiger partial charge in [-0.05, 0) is 59.4 Å². The van der Waals surface area contributed by atoms with E-state index in [0.717, 1.165) is 9.13 Å². The maximum Gasteiger partial charge on any atom is 0.326 e. The summed E-state index contributed by atoms with van der Waals surface area (Å²) in [6, 6.07) is 12.4. The van der Waals surface area contributed by atoms with E-state index in [1.54, 1.807) is 24.3 Å². The summed E-state index contributed by atoms with van der Waals surface area (Å²) in [7, 11) is 0. The van der Waals surface area contributed by atoms with Gasteiger partial charge in [0.05, 0.1) is 21.8 Å². The average molecular weight is 489 g/mol. The monoisotopic (exact) mass is 489 g/mol. The lowest BCUT2D eigenvalue weighted by molar-refractivity contribution is -0.115. The Bertz CT molecular complexity index is 1010. The van der Waals surface area contributed by atoms with Crippen LogP contribution in [0.1, 0.15) is 23.6 Å². The molecule has 7 nitrogen and oxygen atoms in total. The number of hydrogen-bond donors (Lipinski definition) is 2. The third-order valence-electron chi connectivity index (χ3n) is 3.87. The smallest absolute Gasteiger partial charge is 0.326 e. The zero-order valence-electron chi connectivity index (χ0n) is 14.9. The van der Waals surface area contributed by atoms with Crippen LogP contribution in [0.15, 0.2) is 42.1 Å². The Morgan fingerprint density at radius 2 is 1.96 bits per heavy atom. The highest BCUT2D eigenvalue weighted by Gasteiger charge is 2.23. The van der Waals surface area contributed by atoms with E-state index in [-0.39, 0.29) is 12.3 Å². The molecule has 28 heavy (non-hydrogen) atoms. The van der Waals surface area contributed by atoms with Gasteiger partial charge < -0.3 is 14.8 Å². The molecule has 142 valence electrons. The highest BCUT2D eigenvalue weighted by molar-refractivity contribution is 14.1. The van der Waals surface area contributed by atoms with Crippen molar-refractivity contribution in [3.8, 4) is 17.6 Å². The molecule has 0 aromatic heterocycles. The Labute approximate surface area is 175 Å². The van der Waals surface area contributed by atoms with Crippen LogP contribution in [0.25, 0.3) is 6.08 Å². The van der Waals surface area contributed by atoms with E-state index >= 15 is 0 Å². The lowest BCUT2D eigenvalue weighted by Gasteiger charge is -2.15. The van der Waals surface area contributed by atoms with E-state index in [4.69, 9.17) is 9.47 Å². The van der Waals surface area contributed by atoms with Gasteiger partial charge in [0.15, 0.2) is 11.5 Å². The second-order valence-electron chi connectivity index (χ2n) is 5.79. The van der Waals surface area contributed by atoms with Gasteiger partial charge in [-0.25, -0.2) is 4.79 Å². The van der Waals surface area contributed by atoms with Gasteiger partial charge in [0.25, 0.3) is 5.91 Å². The third kappa shape index (κ3) is 4.43. The largest absolute Gasteiger partial charge is 0.490 e. The standard InChI is InChI=1S/C20H16IN3O4/c1-2-27-17-9-12(8-16-19(25)24-20(26)23-16)7-15(21)18(17)28-11-14-6-4-3-5-13(14)10-22/h3-9H,2,11H2,1H3,(H2,23,24,25,26)/b16-8-. The molecule has 8 heteroatoms. The first-order valence-electron chi connectivity index (χ1n) is 8.43. The average Bonchev–Trinajstić information content (AvgIpc) is 2.98. The normalized spacial score (nSPS) is 14.4. The molecule has 0 aliphatic carbocycles. The molecule has 1 heterocycles. The number of imide groups is 1. The quantitative estimate of drug-likeness (QED) is 0.369. The van der Waals surface area contributed by atoms with Gasteiger partial charge in [-0.1, -0.05) is 18.2 Å². The molecule has 2 aromatic carbocycles. The van der Waals surface area contributed by atoms with Crippen LogP contribution in [0, 0.1) is 14.9 Å². The molecule has 1 saturated heterocycles. The number of nitrogens with zero attached hydrogens (tertiary/aromatic N) is 1. The van der Waals surface area contributed by atoms with Gasteiger partial charge in [-0.15, -0.1) is 0 Å². The summed E-state index contributed by atoms with van der Waals surface area (Å²) in [4.78, 5) is 23.0. The number of hydrogen-bond acceptors (Lipinski definition) is 5. The van der Waals surface area contributed by atoms with Crippen molar-refractivity contribution in [1.82, 2.24) is 10.6 Å². The minimum Gasteiger partial charge on any atom is -0.490 e. The fourth-order valence-electron chi connectivity index (χ4n) is 2.63. The van der Waals surface area contributed by atoms with Crippen molar-refractivity contribution >= 4 is 40.6 Å². The molecule has 1 aliphatic heterocycles. The third-order valence-corrected chi connectivity index (χ3v) is 4.67. The Hall–Kier alpha value is -3.06. The molecule has 2 N–H and O–H groups in total. The molecule has 3 rings (SSSR count). The van der Waals surface area contributed by atoms with Crippen molar-refractivity contribution < 1.29 is 19.1 Å². The molecule has 2 aromatic rings. The first kappa shape index (κ1) is 19.7. The second kappa shape index (κ2) is 8.75. The van der Waals surface area contributed by atoms with Gasteiger partial charge in [-0.3, -0.25) is 10.1 Å². The van der Waals surface area contributed by atoms with E-state index in [1.807, 2.05) is 25.1 Å². The van der Waals surface area contributed by atoms with Gasteiger partial charge in [0, 0.05) is 5.56 Å². The minimum atomic E-state index is -0.549. The van der Waals surface area contributed by atoms with Crippen molar-refractivity contribution in [2.75, 3.05) is 6.61 Å². The van der Waals surface area contributed by atoms with Crippen LogP contribution in [-0.2, 0) is 11.4 Å². The van der Waals surface area contributed by atoms with Crippen molar-refractivity contribution in [2.45, 2.75) is 13.5 Å². The predicted molar refractivity (Wildman–Crippen MR) is 110 cm³/mol. The first-order chi connectivity index (χ1) is 13.5. The Morgan fingerprint density at radius 1 is 1.18 bits per heavy atom. The number of carbonyl (C=O) groups is 2. The summed E-state index contributed by atoms with van der Waals surface area (Å²) in [6.45, 7) is 2.51. The lowest BCUT2D eigenvalue weighted by Crippen LogP contribution is -2.22. The fraction of sp³-hybridized carbons (Fsp3) is 0.150. The van der Waals surface area contributed by atoms with Gasteiger partial charge in [0.1, 0.15) is 12.3 Å². The topological polar surface area (TPSA) is 100 Å². The van der Waals surface area contributed by atoms with Gasteiger partial charge >= 0.3 is 6.03 Å². The molecule has 0 radical (unpaired) electrons. The van der Waals surface area contributed by atoms with Crippen molar-refractivity contribution in [2.24, 2.45) is 0 Å². The number of ether oxygens (including phenoxy) is 2. The van der Waals surface area contributed by atoms with Crippen LogP contribution in [0.2, 0.25) is 0 Å². The van der Waals surface area contributed by atoms with E-state index in [2.05, 4.69) is 39.3 Å². The molecule has 0 unspecified atom stereocenters. The zero-order valence-corrected chi connectivity index (χ0v) is 17.1. The first-order valence-corrected chi connectivity index (χ1v) is 9.51. The van der Waals surface area contributed by atoms with Gasteiger partial charge in [-0.2, -0.15) is 5.26 Å². The number of nitriles is 1.